The van der Waals surface area contributed by atoms with Gasteiger partial charge in [0.1, 0.15) is 5.75 Å². The second kappa shape index (κ2) is 10.1. The highest BCUT2D eigenvalue weighted by Gasteiger charge is 2.00. The average Bonchev–Trinajstić information content (AvgIpc) is 2.39. The molecule has 0 heterocycles. The van der Waals surface area contributed by atoms with Crippen LogP contribution < -0.4 is 10.5 Å². The first-order chi connectivity index (χ1) is 9.24. The van der Waals surface area contributed by atoms with Crippen molar-refractivity contribution < 1.29 is 4.74 Å². The lowest BCUT2D eigenvalue weighted by atomic mass is 10.1. The van der Waals surface area contributed by atoms with Gasteiger partial charge in [0.05, 0.1) is 12.3 Å². The number of nitrogen functional groups attached to an aromatic ring is 1. The van der Waals surface area contributed by atoms with Gasteiger partial charge in [-0.05, 0) is 24.6 Å². The minimum Gasteiger partial charge on any atom is -0.491 e. The van der Waals surface area contributed by atoms with Gasteiger partial charge in [-0.3, -0.25) is 0 Å². The number of unbranched alkanes of at least 4 members (excludes halogenated alkanes) is 7. The second-order valence-electron chi connectivity index (χ2n) is 5.01. The third-order valence-corrected chi connectivity index (χ3v) is 3.72. The Kier molecular flexibility index (Phi) is 8.72. The summed E-state index contributed by atoms with van der Waals surface area (Å²) >= 11 is 3.39. The fourth-order valence-electron chi connectivity index (χ4n) is 2.07. The Balaban J connectivity index is 2.01. The first kappa shape index (κ1) is 16.4. The van der Waals surface area contributed by atoms with Crippen molar-refractivity contribution in [2.24, 2.45) is 0 Å². The maximum Gasteiger partial charge on any atom is 0.142 e. The van der Waals surface area contributed by atoms with Crippen molar-refractivity contribution >= 4 is 21.6 Å². The van der Waals surface area contributed by atoms with Gasteiger partial charge in [0.25, 0.3) is 0 Å². The third kappa shape index (κ3) is 7.46. The molecule has 0 saturated carbocycles. The van der Waals surface area contributed by atoms with Crippen molar-refractivity contribution in [2.45, 2.75) is 58.3 Å². The quantitative estimate of drug-likeness (QED) is 0.451. The second-order valence-corrected chi connectivity index (χ2v) is 5.92. The van der Waals surface area contributed by atoms with E-state index in [1.54, 1.807) is 0 Å². The zero-order valence-electron chi connectivity index (χ0n) is 12.0. The molecule has 0 aliphatic heterocycles. The van der Waals surface area contributed by atoms with Crippen LogP contribution in [0.3, 0.4) is 0 Å². The molecule has 0 aromatic heterocycles. The summed E-state index contributed by atoms with van der Waals surface area (Å²) in [7, 11) is 0. The molecule has 1 aromatic carbocycles. The number of rotatable bonds is 10. The molecular formula is C16H26BrNO. The Labute approximate surface area is 125 Å². The lowest BCUT2D eigenvalue weighted by molar-refractivity contribution is 0.306. The van der Waals surface area contributed by atoms with E-state index in [9.17, 15) is 0 Å². The van der Waals surface area contributed by atoms with Crippen LogP contribution in [0.15, 0.2) is 22.7 Å². The predicted octanol–water partition coefficient (Wildman–Crippen LogP) is 5.55. The van der Waals surface area contributed by atoms with E-state index < -0.39 is 0 Å². The molecule has 0 amide bonds. The zero-order chi connectivity index (χ0) is 13.9. The average molecular weight is 328 g/mol. The molecular weight excluding hydrogens is 302 g/mol. The van der Waals surface area contributed by atoms with E-state index in [0.717, 1.165) is 23.2 Å². The van der Waals surface area contributed by atoms with Gasteiger partial charge in [0.15, 0.2) is 0 Å². The first-order valence-corrected chi connectivity index (χ1v) is 8.21. The Bertz CT molecular complexity index is 355. The van der Waals surface area contributed by atoms with Gasteiger partial charge >= 0.3 is 0 Å². The van der Waals surface area contributed by atoms with Gasteiger partial charge in [-0.15, -0.1) is 0 Å². The van der Waals surface area contributed by atoms with E-state index >= 15 is 0 Å². The highest BCUT2D eigenvalue weighted by atomic mass is 79.9. The van der Waals surface area contributed by atoms with Crippen molar-refractivity contribution in [3.05, 3.63) is 22.7 Å². The molecule has 0 bridgehead atoms. The summed E-state index contributed by atoms with van der Waals surface area (Å²) in [6.07, 6.45) is 10.5. The molecule has 1 rings (SSSR count). The summed E-state index contributed by atoms with van der Waals surface area (Å²) < 4.78 is 6.68. The summed E-state index contributed by atoms with van der Waals surface area (Å²) in [6.45, 7) is 3.02. The topological polar surface area (TPSA) is 35.2 Å². The van der Waals surface area contributed by atoms with Crippen molar-refractivity contribution in [1.82, 2.24) is 0 Å². The molecule has 2 N–H and O–H groups in total. The molecule has 0 aliphatic carbocycles. The van der Waals surface area contributed by atoms with Gasteiger partial charge in [-0.25, -0.2) is 0 Å². The monoisotopic (exact) mass is 327 g/mol. The van der Waals surface area contributed by atoms with Gasteiger partial charge in [-0.2, -0.15) is 0 Å². The Morgan fingerprint density at radius 2 is 1.63 bits per heavy atom. The van der Waals surface area contributed by atoms with Crippen molar-refractivity contribution in [1.29, 1.82) is 0 Å². The van der Waals surface area contributed by atoms with Gasteiger partial charge < -0.3 is 10.5 Å². The number of benzene rings is 1. The highest BCUT2D eigenvalue weighted by molar-refractivity contribution is 9.10. The van der Waals surface area contributed by atoms with E-state index in [1.807, 2.05) is 18.2 Å². The van der Waals surface area contributed by atoms with Crippen LogP contribution in [0.2, 0.25) is 0 Å². The minimum atomic E-state index is 0.703. The van der Waals surface area contributed by atoms with Crippen LogP contribution in [0, 0.1) is 0 Å². The fraction of sp³-hybridized carbons (Fsp3) is 0.625. The lowest BCUT2D eigenvalue weighted by Crippen LogP contribution is -2.00. The van der Waals surface area contributed by atoms with Crippen LogP contribution in [0.1, 0.15) is 58.3 Å². The molecule has 3 heteroatoms. The number of ether oxygens (including phenoxy) is 1. The maximum absolute atomic E-state index is 5.88. The van der Waals surface area contributed by atoms with Crippen LogP contribution in [0.5, 0.6) is 5.75 Å². The number of anilines is 1. The SMILES string of the molecule is CCCCCCCCCCOc1ccc(Br)cc1N. The molecule has 0 saturated heterocycles. The largest absolute Gasteiger partial charge is 0.491 e. The van der Waals surface area contributed by atoms with Gasteiger partial charge in [-0.1, -0.05) is 67.8 Å². The molecule has 108 valence electrons. The van der Waals surface area contributed by atoms with Crippen LogP contribution in [0.25, 0.3) is 0 Å². The predicted molar refractivity (Wildman–Crippen MR) is 86.7 cm³/mol. The minimum absolute atomic E-state index is 0.703. The van der Waals surface area contributed by atoms with Crippen LogP contribution in [-0.2, 0) is 0 Å². The maximum atomic E-state index is 5.88. The van der Waals surface area contributed by atoms with E-state index in [0.29, 0.717) is 5.69 Å². The molecule has 0 unspecified atom stereocenters. The fourth-order valence-corrected chi connectivity index (χ4v) is 2.45. The summed E-state index contributed by atoms with van der Waals surface area (Å²) in [5.41, 5.74) is 6.58. The molecule has 0 atom stereocenters. The summed E-state index contributed by atoms with van der Waals surface area (Å²) in [5, 5.41) is 0. The molecule has 19 heavy (non-hydrogen) atoms. The molecule has 0 aliphatic rings. The van der Waals surface area contributed by atoms with Crippen molar-refractivity contribution in [2.75, 3.05) is 12.3 Å². The van der Waals surface area contributed by atoms with E-state index in [1.165, 1.54) is 44.9 Å². The highest BCUT2D eigenvalue weighted by Crippen LogP contribution is 2.25. The standard InChI is InChI=1S/C16H26BrNO/c1-2-3-4-5-6-7-8-9-12-19-16-11-10-14(17)13-15(16)18/h10-11,13H,2-9,12,18H2,1H3. The third-order valence-electron chi connectivity index (χ3n) is 3.23. The van der Waals surface area contributed by atoms with E-state index in [-0.39, 0.29) is 0 Å². The Morgan fingerprint density at radius 1 is 1.00 bits per heavy atom. The zero-order valence-corrected chi connectivity index (χ0v) is 13.5. The number of nitrogens with two attached hydrogens (primary N) is 1. The van der Waals surface area contributed by atoms with Crippen LogP contribution >= 0.6 is 15.9 Å². The smallest absolute Gasteiger partial charge is 0.142 e. The first-order valence-electron chi connectivity index (χ1n) is 7.42. The van der Waals surface area contributed by atoms with E-state index in [2.05, 4.69) is 22.9 Å². The van der Waals surface area contributed by atoms with Crippen LogP contribution in [-0.4, -0.2) is 6.61 Å². The molecule has 2 nitrogen and oxygen atoms in total. The van der Waals surface area contributed by atoms with Crippen LogP contribution in [0.4, 0.5) is 5.69 Å². The molecule has 1 aromatic rings. The summed E-state index contributed by atoms with van der Waals surface area (Å²) in [6, 6.07) is 5.76. The normalized spacial score (nSPS) is 10.6. The Morgan fingerprint density at radius 3 is 2.26 bits per heavy atom. The summed E-state index contributed by atoms with van der Waals surface area (Å²) in [5.74, 6) is 0.797. The number of halogens is 1. The van der Waals surface area contributed by atoms with E-state index in [4.69, 9.17) is 10.5 Å². The molecule has 0 radical (unpaired) electrons. The molecule has 0 fully saturated rings. The van der Waals surface area contributed by atoms with Crippen molar-refractivity contribution in [3.63, 3.8) is 0 Å². The number of hydrogen-bond acceptors (Lipinski definition) is 2. The molecule has 0 spiro atoms. The lowest BCUT2D eigenvalue weighted by Gasteiger charge is -2.09. The Hall–Kier alpha value is -0.700. The van der Waals surface area contributed by atoms with Gasteiger partial charge in [0, 0.05) is 4.47 Å². The summed E-state index contributed by atoms with van der Waals surface area (Å²) in [4.78, 5) is 0. The van der Waals surface area contributed by atoms with Crippen molar-refractivity contribution in [3.8, 4) is 5.75 Å². The van der Waals surface area contributed by atoms with Gasteiger partial charge in [0.2, 0.25) is 0 Å². The number of hydrogen-bond donors (Lipinski definition) is 1.